The van der Waals surface area contributed by atoms with Crippen LogP contribution >= 0.6 is 11.6 Å². The number of pyridine rings is 1. The lowest BCUT2D eigenvalue weighted by molar-refractivity contribution is -0.386. The van der Waals surface area contributed by atoms with Gasteiger partial charge in [0.2, 0.25) is 0 Å². The van der Waals surface area contributed by atoms with Crippen LogP contribution in [0.15, 0.2) is 95.7 Å². The van der Waals surface area contributed by atoms with Gasteiger partial charge in [0.15, 0.2) is 5.75 Å². The summed E-state index contributed by atoms with van der Waals surface area (Å²) in [5.74, 6) is -0.704. The van der Waals surface area contributed by atoms with Crippen LogP contribution in [0.4, 0.5) is 11.4 Å². The molecule has 1 amide bonds. The molecule has 65 heavy (non-hydrogen) atoms. The predicted octanol–water partition coefficient (Wildman–Crippen LogP) is 8.23. The van der Waals surface area contributed by atoms with Gasteiger partial charge in [-0.15, -0.1) is 0 Å². The smallest absolute Gasteiger partial charge is 0.312 e. The summed E-state index contributed by atoms with van der Waals surface area (Å²) < 4.78 is 37.5. The molecule has 1 atom stereocenters. The number of benzene rings is 3. The number of anilines is 1. The Hall–Kier alpha value is -5.81. The molecule has 1 saturated carbocycles. The first kappa shape index (κ1) is 43.1. The van der Waals surface area contributed by atoms with Gasteiger partial charge in [0.05, 0.1) is 39.4 Å². The molecule has 10 rings (SSSR count). The first-order valence-corrected chi connectivity index (χ1v) is 24.3. The number of likely N-dealkylation sites (tertiary alicyclic amines) is 1. The van der Waals surface area contributed by atoms with Gasteiger partial charge >= 0.3 is 5.69 Å². The number of nitrogens with one attached hydrogen (secondary N) is 2. The lowest BCUT2D eigenvalue weighted by Crippen LogP contribution is -2.47. The summed E-state index contributed by atoms with van der Waals surface area (Å²) in [6, 6.07) is 21.4. The molecule has 338 valence electrons. The van der Waals surface area contributed by atoms with Crippen LogP contribution in [0.3, 0.4) is 0 Å². The van der Waals surface area contributed by atoms with Gasteiger partial charge in [-0.05, 0) is 116 Å². The molecule has 5 heterocycles. The molecule has 3 aromatic carbocycles. The van der Waals surface area contributed by atoms with Gasteiger partial charge in [-0.25, -0.2) is 22.8 Å². The molecule has 6 aromatic rings. The monoisotopic (exact) mass is 917 g/mol. The van der Waals surface area contributed by atoms with Crippen molar-refractivity contribution in [3.8, 4) is 11.4 Å². The number of halogens is 1. The van der Waals surface area contributed by atoms with Gasteiger partial charge < -0.3 is 14.6 Å². The molecule has 0 spiro atoms. The SMILES string of the molecule is CC1(C)CCC(CN2CCN(c3ccc(C(=O)NS(=O)(=O)c4ccc(OCC5CCN(C6CC6)C5)c([N+](=O)[O-])c4)c(-n4ncc5nc6[nH]ccc6cc54)c3)CC2)=C(c2ccc(Cl)cc2)C1. The van der Waals surface area contributed by atoms with Crippen molar-refractivity contribution in [1.29, 1.82) is 0 Å². The zero-order valence-corrected chi connectivity index (χ0v) is 38.1. The lowest BCUT2D eigenvalue weighted by Gasteiger charge is -2.39. The molecule has 2 saturated heterocycles. The molecular weight excluding hydrogens is 866 g/mol. The van der Waals surface area contributed by atoms with Gasteiger partial charge in [0, 0.05) is 79.6 Å². The van der Waals surface area contributed by atoms with E-state index in [9.17, 15) is 23.3 Å². The molecule has 3 fully saturated rings. The van der Waals surface area contributed by atoms with E-state index in [-0.39, 0.29) is 29.3 Å². The number of piperazine rings is 1. The second kappa shape index (κ2) is 17.2. The summed E-state index contributed by atoms with van der Waals surface area (Å²) in [5, 5.41) is 18.4. The van der Waals surface area contributed by atoms with Gasteiger partial charge in [0.25, 0.3) is 15.9 Å². The van der Waals surface area contributed by atoms with E-state index >= 15 is 0 Å². The Kier molecular flexibility index (Phi) is 11.4. The van der Waals surface area contributed by atoms with E-state index in [0.29, 0.717) is 28.4 Å². The molecule has 15 nitrogen and oxygen atoms in total. The number of nitro benzene ring substituents is 1. The van der Waals surface area contributed by atoms with Gasteiger partial charge in [-0.2, -0.15) is 5.10 Å². The zero-order valence-electron chi connectivity index (χ0n) is 36.5. The Morgan fingerprint density at radius 3 is 2.57 bits per heavy atom. The number of amides is 1. The van der Waals surface area contributed by atoms with Crippen molar-refractivity contribution in [3.05, 3.63) is 117 Å². The van der Waals surface area contributed by atoms with Gasteiger partial charge in [0.1, 0.15) is 11.2 Å². The van der Waals surface area contributed by atoms with Crippen LogP contribution in [0.25, 0.3) is 33.3 Å². The number of fused-ring (bicyclic) bond motifs is 2. The third kappa shape index (κ3) is 9.09. The molecule has 17 heteroatoms. The Labute approximate surface area is 382 Å². The van der Waals surface area contributed by atoms with Crippen molar-refractivity contribution in [1.82, 2.24) is 34.3 Å². The first-order chi connectivity index (χ1) is 31.3. The quantitative estimate of drug-likeness (QED) is 0.0845. The summed E-state index contributed by atoms with van der Waals surface area (Å²) in [6.45, 7) is 10.8. The average molecular weight is 919 g/mol. The Morgan fingerprint density at radius 2 is 1.80 bits per heavy atom. The molecule has 0 bridgehead atoms. The zero-order chi connectivity index (χ0) is 45.0. The van der Waals surface area contributed by atoms with Crippen molar-refractivity contribution in [2.75, 3.05) is 57.3 Å². The Morgan fingerprint density at radius 1 is 1.00 bits per heavy atom. The van der Waals surface area contributed by atoms with E-state index in [4.69, 9.17) is 21.3 Å². The van der Waals surface area contributed by atoms with Crippen LogP contribution in [0.2, 0.25) is 5.02 Å². The van der Waals surface area contributed by atoms with Crippen molar-refractivity contribution < 1.29 is 22.9 Å². The number of hydrogen-bond acceptors (Lipinski definition) is 11. The fourth-order valence-electron chi connectivity index (χ4n) is 9.74. The van der Waals surface area contributed by atoms with Crippen molar-refractivity contribution in [2.45, 2.75) is 63.3 Å². The fraction of sp³-hybridized carbons (Fsp3) is 0.396. The normalized spacial score (nSPS) is 19.6. The van der Waals surface area contributed by atoms with E-state index in [0.717, 1.165) is 93.7 Å². The predicted molar refractivity (Wildman–Crippen MR) is 251 cm³/mol. The molecular formula is C48H52ClN9O6S. The summed E-state index contributed by atoms with van der Waals surface area (Å²) in [4.78, 5) is 40.4. The first-order valence-electron chi connectivity index (χ1n) is 22.4. The third-order valence-corrected chi connectivity index (χ3v) is 15.2. The molecule has 1 unspecified atom stereocenters. The third-order valence-electron chi connectivity index (χ3n) is 13.6. The highest BCUT2D eigenvalue weighted by atomic mass is 35.5. The van der Waals surface area contributed by atoms with E-state index in [2.05, 4.69) is 55.5 Å². The summed E-state index contributed by atoms with van der Waals surface area (Å²) in [5.41, 5.74) is 7.00. The summed E-state index contributed by atoms with van der Waals surface area (Å²) in [6.07, 6.45) is 9.95. The minimum absolute atomic E-state index is 0.0163. The molecule has 0 radical (unpaired) electrons. The standard InChI is InChI=1S/C48H52ClN9O6S/c1-48(2)16-13-34(40(26-48)32-3-5-35(49)6-4-32)29-54-19-21-55(22-20-54)37-9-11-39(42(24-37)57-43-23-33-14-17-50-46(33)52-41(43)27-51-57)47(59)53-65(62,63)38-10-12-45(44(25-38)58(60)61)64-30-31-15-18-56(28-31)36-7-8-36/h3-6,9-12,14,17,23-25,27,31,36H,7-8,13,15-16,18-22,26,28-30H2,1-2H3,(H,50,52)(H,53,59). The van der Waals surface area contributed by atoms with Crippen LogP contribution < -0.4 is 14.4 Å². The number of rotatable bonds is 13. The second-order valence-corrected chi connectivity index (χ2v) is 20.9. The number of aromatic amines is 1. The van der Waals surface area contributed by atoms with Crippen LogP contribution in [0.1, 0.15) is 68.3 Å². The lowest BCUT2D eigenvalue weighted by atomic mass is 9.72. The minimum atomic E-state index is -4.59. The number of aromatic nitrogens is 4. The van der Waals surface area contributed by atoms with E-state index < -0.39 is 31.4 Å². The summed E-state index contributed by atoms with van der Waals surface area (Å²) in [7, 11) is -4.59. The van der Waals surface area contributed by atoms with Crippen LogP contribution in [0.5, 0.6) is 5.75 Å². The maximum atomic E-state index is 14.2. The van der Waals surface area contributed by atoms with Crippen LogP contribution in [-0.2, 0) is 10.0 Å². The van der Waals surface area contributed by atoms with Crippen molar-refractivity contribution >= 4 is 66.5 Å². The van der Waals surface area contributed by atoms with Crippen LogP contribution in [-0.4, -0.2) is 107 Å². The number of hydrogen-bond donors (Lipinski definition) is 2. The number of nitrogens with zero attached hydrogens (tertiary/aromatic N) is 7. The average Bonchev–Trinajstić information content (AvgIpc) is 3.63. The number of nitro groups is 1. The highest BCUT2D eigenvalue weighted by molar-refractivity contribution is 7.90. The van der Waals surface area contributed by atoms with Gasteiger partial charge in [-0.3, -0.25) is 24.7 Å². The molecule has 3 aromatic heterocycles. The van der Waals surface area contributed by atoms with Gasteiger partial charge in [-0.1, -0.05) is 43.2 Å². The Bertz CT molecular complexity index is 2950. The molecule has 2 aliphatic carbocycles. The largest absolute Gasteiger partial charge is 0.486 e. The number of carbonyl (C=O) groups excluding carboxylic acids is 1. The van der Waals surface area contributed by atoms with Crippen molar-refractivity contribution in [3.63, 3.8) is 0 Å². The number of ether oxygens (including phenoxy) is 1. The topological polar surface area (TPSA) is 172 Å². The maximum Gasteiger partial charge on any atom is 0.312 e. The van der Waals surface area contributed by atoms with Crippen LogP contribution in [0, 0.1) is 21.4 Å². The second-order valence-electron chi connectivity index (χ2n) is 18.8. The molecule has 4 aliphatic rings. The van der Waals surface area contributed by atoms with Crippen molar-refractivity contribution in [2.24, 2.45) is 11.3 Å². The van der Waals surface area contributed by atoms with E-state index in [1.807, 2.05) is 36.4 Å². The fourth-order valence-corrected chi connectivity index (χ4v) is 10.9. The highest BCUT2D eigenvalue weighted by Gasteiger charge is 2.35. The number of allylic oxidation sites excluding steroid dienone is 1. The number of H-pyrrole nitrogens is 1. The van der Waals surface area contributed by atoms with E-state index in [1.165, 1.54) is 41.7 Å². The minimum Gasteiger partial charge on any atom is -0.486 e. The number of carbonyl (C=O) groups is 1. The highest BCUT2D eigenvalue weighted by Crippen LogP contribution is 2.43. The molecule has 2 aliphatic heterocycles. The molecule has 2 N–H and O–H groups in total. The number of sulfonamides is 1. The van der Waals surface area contributed by atoms with E-state index in [1.54, 1.807) is 23.1 Å². The Balaban J connectivity index is 0.897. The maximum absolute atomic E-state index is 14.2. The summed E-state index contributed by atoms with van der Waals surface area (Å²) >= 11 is 6.26.